The molecule has 33 heavy (non-hydrogen) atoms. The van der Waals surface area contributed by atoms with E-state index in [1.54, 1.807) is 42.5 Å². The highest BCUT2D eigenvalue weighted by molar-refractivity contribution is 6.32. The highest BCUT2D eigenvalue weighted by Gasteiger charge is 2.10. The minimum Gasteiger partial charge on any atom is -0.487 e. The van der Waals surface area contributed by atoms with Gasteiger partial charge in [0.2, 0.25) is 5.88 Å². The Morgan fingerprint density at radius 1 is 1.18 bits per heavy atom. The molecule has 2 aromatic carbocycles. The van der Waals surface area contributed by atoms with Crippen LogP contribution in [0, 0.1) is 12.7 Å². The molecule has 5 nitrogen and oxygen atoms in total. The summed E-state index contributed by atoms with van der Waals surface area (Å²) < 4.78 is 30.2. The second-order valence-electron chi connectivity index (χ2n) is 7.32. The van der Waals surface area contributed by atoms with E-state index in [4.69, 9.17) is 25.8 Å². The van der Waals surface area contributed by atoms with E-state index in [0.717, 1.165) is 24.0 Å². The van der Waals surface area contributed by atoms with Gasteiger partial charge in [0.05, 0.1) is 17.8 Å². The number of carbonyl (C=O) groups is 1. The zero-order valence-electron chi connectivity index (χ0n) is 18.5. The quantitative estimate of drug-likeness (QED) is 0.183. The van der Waals surface area contributed by atoms with Crippen molar-refractivity contribution >= 4 is 23.6 Å². The molecule has 0 aliphatic carbocycles. The third-order valence-corrected chi connectivity index (χ3v) is 4.95. The fourth-order valence-electron chi connectivity index (χ4n) is 2.91. The second kappa shape index (κ2) is 12.0. The number of unbranched alkanes of at least 4 members (excludes halogenated alkanes) is 1. The molecule has 1 heterocycles. The first-order valence-corrected chi connectivity index (χ1v) is 11.0. The summed E-state index contributed by atoms with van der Waals surface area (Å²) in [7, 11) is 0. The summed E-state index contributed by atoms with van der Waals surface area (Å²) in [6.45, 7) is 4.39. The van der Waals surface area contributed by atoms with Crippen LogP contribution in [0.4, 0.5) is 4.39 Å². The average molecular weight is 470 g/mol. The van der Waals surface area contributed by atoms with Crippen LogP contribution in [-0.2, 0) is 16.1 Å². The Bertz CT molecular complexity index is 1090. The van der Waals surface area contributed by atoms with Crippen LogP contribution in [0.2, 0.25) is 5.02 Å². The molecule has 0 N–H and O–H groups in total. The third-order valence-electron chi connectivity index (χ3n) is 4.67. The van der Waals surface area contributed by atoms with E-state index in [2.05, 4.69) is 4.98 Å². The number of aryl methyl sites for hydroxylation is 1. The molecule has 0 saturated carbocycles. The molecule has 0 aliphatic heterocycles. The largest absolute Gasteiger partial charge is 0.487 e. The van der Waals surface area contributed by atoms with Crippen molar-refractivity contribution in [1.29, 1.82) is 0 Å². The van der Waals surface area contributed by atoms with Gasteiger partial charge in [-0.2, -0.15) is 0 Å². The second-order valence-corrected chi connectivity index (χ2v) is 7.72. The van der Waals surface area contributed by atoms with Crippen molar-refractivity contribution in [3.05, 3.63) is 88.3 Å². The smallest absolute Gasteiger partial charge is 0.330 e. The molecule has 3 rings (SSSR count). The van der Waals surface area contributed by atoms with Gasteiger partial charge in [-0.3, -0.25) is 0 Å². The number of carbonyl (C=O) groups excluding carboxylic acids is 1. The molecule has 0 aliphatic rings. The highest BCUT2D eigenvalue weighted by atomic mass is 35.5. The predicted molar refractivity (Wildman–Crippen MR) is 126 cm³/mol. The summed E-state index contributed by atoms with van der Waals surface area (Å²) >= 11 is 6.40. The van der Waals surface area contributed by atoms with Crippen molar-refractivity contribution in [3.63, 3.8) is 0 Å². The van der Waals surface area contributed by atoms with E-state index in [9.17, 15) is 9.18 Å². The van der Waals surface area contributed by atoms with E-state index >= 15 is 0 Å². The first-order valence-electron chi connectivity index (χ1n) is 10.6. The summed E-state index contributed by atoms with van der Waals surface area (Å²) in [6, 6.07) is 13.3. The van der Waals surface area contributed by atoms with E-state index in [1.165, 1.54) is 18.3 Å². The Labute approximate surface area is 197 Å². The van der Waals surface area contributed by atoms with Crippen LogP contribution in [0.5, 0.6) is 17.4 Å². The number of hydrogen-bond acceptors (Lipinski definition) is 5. The van der Waals surface area contributed by atoms with Crippen LogP contribution in [-0.4, -0.2) is 17.6 Å². The Hall–Kier alpha value is -3.38. The minimum atomic E-state index is -0.390. The maximum Gasteiger partial charge on any atom is 0.330 e. The van der Waals surface area contributed by atoms with Crippen molar-refractivity contribution in [3.8, 4) is 17.4 Å². The third kappa shape index (κ3) is 7.32. The Kier molecular flexibility index (Phi) is 8.84. The standard InChI is InChI=1S/C26H25ClFNO4/c1-3-4-13-31-25(30)12-9-19-14-18(2)26(22(27)15-19)33-24-11-10-21(16-29-24)32-17-20-7-5-6-8-23(20)28/h5-12,14-16H,3-4,13,17H2,1-2H3/b12-9+. The van der Waals surface area contributed by atoms with Crippen LogP contribution >= 0.6 is 11.6 Å². The Balaban J connectivity index is 1.61. The SMILES string of the molecule is CCCCOC(=O)/C=C/c1cc(C)c(Oc2ccc(OCc3ccccc3F)cn2)c(Cl)c1. The number of pyridine rings is 1. The lowest BCUT2D eigenvalue weighted by Gasteiger charge is -2.12. The fourth-order valence-corrected chi connectivity index (χ4v) is 3.22. The Morgan fingerprint density at radius 2 is 2.00 bits per heavy atom. The summed E-state index contributed by atoms with van der Waals surface area (Å²) in [5, 5.41) is 0.385. The fraction of sp³-hybridized carbons (Fsp3) is 0.231. The minimum absolute atomic E-state index is 0.0978. The number of hydrogen-bond donors (Lipinski definition) is 0. The van der Waals surface area contributed by atoms with Gasteiger partial charge in [0.25, 0.3) is 0 Å². The maximum atomic E-state index is 13.7. The van der Waals surface area contributed by atoms with Crippen LogP contribution in [0.1, 0.15) is 36.5 Å². The number of benzene rings is 2. The van der Waals surface area contributed by atoms with E-state index in [-0.39, 0.29) is 18.4 Å². The van der Waals surface area contributed by atoms with Crippen molar-refractivity contribution in [2.24, 2.45) is 0 Å². The van der Waals surface area contributed by atoms with E-state index in [1.807, 2.05) is 19.9 Å². The van der Waals surface area contributed by atoms with Gasteiger partial charge in [0.1, 0.15) is 18.2 Å². The van der Waals surface area contributed by atoms with Crippen LogP contribution in [0.25, 0.3) is 6.08 Å². The molecule has 0 saturated heterocycles. The topological polar surface area (TPSA) is 57.7 Å². The lowest BCUT2D eigenvalue weighted by atomic mass is 10.1. The van der Waals surface area contributed by atoms with Crippen LogP contribution in [0.15, 0.2) is 60.8 Å². The number of esters is 1. The number of nitrogens with zero attached hydrogens (tertiary/aromatic N) is 1. The zero-order chi connectivity index (χ0) is 23.6. The molecule has 0 fully saturated rings. The van der Waals surface area contributed by atoms with Gasteiger partial charge >= 0.3 is 5.97 Å². The molecule has 7 heteroatoms. The molecule has 1 aromatic heterocycles. The van der Waals surface area contributed by atoms with Crippen LogP contribution < -0.4 is 9.47 Å². The summed E-state index contributed by atoms with van der Waals surface area (Å²) in [6.07, 6.45) is 6.33. The molecule has 0 spiro atoms. The average Bonchev–Trinajstić information content (AvgIpc) is 2.80. The maximum absolute atomic E-state index is 13.7. The van der Waals surface area contributed by atoms with Gasteiger partial charge in [-0.1, -0.05) is 43.1 Å². The molecule has 0 bridgehead atoms. The monoisotopic (exact) mass is 469 g/mol. The van der Waals surface area contributed by atoms with Crippen molar-refractivity contribution in [2.45, 2.75) is 33.3 Å². The molecule has 172 valence electrons. The molecular weight excluding hydrogens is 445 g/mol. The lowest BCUT2D eigenvalue weighted by molar-refractivity contribution is -0.137. The van der Waals surface area contributed by atoms with Crippen molar-refractivity contribution in [2.75, 3.05) is 6.61 Å². The first-order chi connectivity index (χ1) is 16.0. The van der Waals surface area contributed by atoms with Gasteiger partial charge in [-0.15, -0.1) is 0 Å². The molecule has 0 unspecified atom stereocenters. The molecule has 3 aromatic rings. The molecule has 0 radical (unpaired) electrons. The van der Waals surface area contributed by atoms with Gasteiger partial charge in [-0.05, 0) is 54.8 Å². The highest BCUT2D eigenvalue weighted by Crippen LogP contribution is 2.34. The van der Waals surface area contributed by atoms with Gasteiger partial charge < -0.3 is 14.2 Å². The van der Waals surface area contributed by atoms with Crippen molar-refractivity contribution < 1.29 is 23.4 Å². The van der Waals surface area contributed by atoms with E-state index in [0.29, 0.717) is 34.6 Å². The number of rotatable bonds is 10. The number of ether oxygens (including phenoxy) is 3. The van der Waals surface area contributed by atoms with Gasteiger partial charge in [0.15, 0.2) is 5.75 Å². The van der Waals surface area contributed by atoms with Crippen LogP contribution in [0.3, 0.4) is 0 Å². The zero-order valence-corrected chi connectivity index (χ0v) is 19.3. The Morgan fingerprint density at radius 3 is 2.70 bits per heavy atom. The summed E-state index contributed by atoms with van der Waals surface area (Å²) in [5.41, 5.74) is 1.99. The summed E-state index contributed by atoms with van der Waals surface area (Å²) in [4.78, 5) is 16.0. The summed E-state index contributed by atoms with van der Waals surface area (Å²) in [5.74, 6) is 0.578. The lowest BCUT2D eigenvalue weighted by Crippen LogP contribution is -2.01. The van der Waals surface area contributed by atoms with Crippen molar-refractivity contribution in [1.82, 2.24) is 4.98 Å². The normalized spacial score (nSPS) is 10.9. The van der Waals surface area contributed by atoms with E-state index < -0.39 is 0 Å². The predicted octanol–water partition coefficient (Wildman–Crippen LogP) is 6.91. The van der Waals surface area contributed by atoms with Gasteiger partial charge in [-0.25, -0.2) is 14.2 Å². The first kappa shape index (κ1) is 24.3. The number of aromatic nitrogens is 1. The van der Waals surface area contributed by atoms with Gasteiger partial charge in [0, 0.05) is 17.7 Å². The molecule has 0 amide bonds. The number of halogens is 2. The molecule has 0 atom stereocenters. The molecular formula is C26H25ClFNO4.